The molecule has 7 heteroatoms. The molecule has 1 aromatic rings. The summed E-state index contributed by atoms with van der Waals surface area (Å²) < 4.78 is 5.09. The molecule has 2 amide bonds. The average Bonchev–Trinajstić information content (AvgIpc) is 2.59. The van der Waals surface area contributed by atoms with Gasteiger partial charge in [0.25, 0.3) is 5.91 Å². The number of piperazine rings is 1. The zero-order valence-corrected chi connectivity index (χ0v) is 14.2. The quantitative estimate of drug-likeness (QED) is 0.871. The summed E-state index contributed by atoms with van der Waals surface area (Å²) in [4.78, 5) is 27.9. The van der Waals surface area contributed by atoms with Crippen molar-refractivity contribution in [3.05, 3.63) is 29.8 Å². The normalized spacial score (nSPS) is 14.2. The smallest absolute Gasteiger partial charge is 0.253 e. The topological polar surface area (TPSA) is 75.9 Å². The number of nitrogens with two attached hydrogens (primary N) is 1. The lowest BCUT2D eigenvalue weighted by molar-refractivity contribution is -0.132. The van der Waals surface area contributed by atoms with Gasteiger partial charge in [-0.15, -0.1) is 12.4 Å². The van der Waals surface area contributed by atoms with Crippen LogP contribution in [-0.2, 0) is 4.79 Å². The Morgan fingerprint density at radius 2 is 1.65 bits per heavy atom. The van der Waals surface area contributed by atoms with Gasteiger partial charge in [-0.25, -0.2) is 0 Å². The first-order valence-electron chi connectivity index (χ1n) is 7.57. The van der Waals surface area contributed by atoms with Gasteiger partial charge >= 0.3 is 0 Å². The molecule has 0 radical (unpaired) electrons. The molecule has 2 N–H and O–H groups in total. The van der Waals surface area contributed by atoms with Crippen molar-refractivity contribution in [3.63, 3.8) is 0 Å². The molecule has 1 aliphatic rings. The third kappa shape index (κ3) is 5.11. The van der Waals surface area contributed by atoms with Crippen LogP contribution in [0.2, 0.25) is 0 Å². The Morgan fingerprint density at radius 3 is 2.17 bits per heavy atom. The molecule has 1 heterocycles. The maximum Gasteiger partial charge on any atom is 0.253 e. The summed E-state index contributed by atoms with van der Waals surface area (Å²) in [5, 5.41) is 0. The fourth-order valence-electron chi connectivity index (χ4n) is 2.49. The summed E-state index contributed by atoms with van der Waals surface area (Å²) in [7, 11) is 1.59. The van der Waals surface area contributed by atoms with Crippen LogP contribution in [0.15, 0.2) is 24.3 Å². The standard InChI is InChI=1S/C16H23N3O3.ClH/c1-22-14-6-4-13(5-7-14)16(21)19-11-9-18(10-12-19)15(20)3-2-8-17;/h4-7H,2-3,8-12,17H2,1H3;1H. The van der Waals surface area contributed by atoms with Crippen molar-refractivity contribution in [1.82, 2.24) is 9.80 Å². The van der Waals surface area contributed by atoms with Gasteiger partial charge in [-0.2, -0.15) is 0 Å². The summed E-state index contributed by atoms with van der Waals surface area (Å²) in [6, 6.07) is 7.08. The van der Waals surface area contributed by atoms with E-state index in [4.69, 9.17) is 10.5 Å². The molecule has 1 aliphatic heterocycles. The molecule has 1 fully saturated rings. The van der Waals surface area contributed by atoms with Crippen molar-refractivity contribution in [1.29, 1.82) is 0 Å². The first-order chi connectivity index (χ1) is 10.7. The molecule has 0 aromatic heterocycles. The number of rotatable bonds is 5. The highest BCUT2D eigenvalue weighted by Crippen LogP contribution is 2.14. The molecule has 0 aliphatic carbocycles. The van der Waals surface area contributed by atoms with E-state index in [2.05, 4.69) is 0 Å². The largest absolute Gasteiger partial charge is 0.497 e. The average molecular weight is 342 g/mol. The number of carbonyl (C=O) groups excluding carboxylic acids is 2. The van der Waals surface area contributed by atoms with Gasteiger partial charge in [-0.1, -0.05) is 0 Å². The van der Waals surface area contributed by atoms with Gasteiger partial charge in [0.15, 0.2) is 0 Å². The van der Waals surface area contributed by atoms with Gasteiger partial charge < -0.3 is 20.3 Å². The van der Waals surface area contributed by atoms with E-state index < -0.39 is 0 Å². The lowest BCUT2D eigenvalue weighted by Gasteiger charge is -2.35. The van der Waals surface area contributed by atoms with Gasteiger partial charge in [-0.3, -0.25) is 9.59 Å². The van der Waals surface area contributed by atoms with Crippen LogP contribution in [-0.4, -0.2) is 61.4 Å². The Morgan fingerprint density at radius 1 is 1.09 bits per heavy atom. The lowest BCUT2D eigenvalue weighted by Crippen LogP contribution is -2.50. The zero-order chi connectivity index (χ0) is 15.9. The highest BCUT2D eigenvalue weighted by Gasteiger charge is 2.24. The van der Waals surface area contributed by atoms with Gasteiger partial charge in [0.05, 0.1) is 7.11 Å². The van der Waals surface area contributed by atoms with E-state index in [-0.39, 0.29) is 24.2 Å². The van der Waals surface area contributed by atoms with Crippen LogP contribution in [0, 0.1) is 0 Å². The van der Waals surface area contributed by atoms with Crippen molar-refractivity contribution >= 4 is 24.2 Å². The van der Waals surface area contributed by atoms with Crippen LogP contribution >= 0.6 is 12.4 Å². The molecule has 1 aromatic carbocycles. The van der Waals surface area contributed by atoms with E-state index in [1.54, 1.807) is 36.3 Å². The molecule has 1 saturated heterocycles. The minimum absolute atomic E-state index is 0. The monoisotopic (exact) mass is 341 g/mol. The van der Waals surface area contributed by atoms with E-state index in [9.17, 15) is 9.59 Å². The second-order valence-electron chi connectivity index (χ2n) is 5.29. The van der Waals surface area contributed by atoms with Crippen molar-refractivity contribution in [2.45, 2.75) is 12.8 Å². The van der Waals surface area contributed by atoms with E-state index in [1.807, 2.05) is 4.90 Å². The number of benzene rings is 1. The predicted molar refractivity (Wildman–Crippen MR) is 91.0 cm³/mol. The molecule has 0 spiro atoms. The van der Waals surface area contributed by atoms with Crippen LogP contribution < -0.4 is 10.5 Å². The lowest BCUT2D eigenvalue weighted by atomic mass is 10.1. The predicted octanol–water partition coefficient (Wildman–Crippen LogP) is 1.14. The van der Waals surface area contributed by atoms with E-state index in [0.717, 1.165) is 5.75 Å². The van der Waals surface area contributed by atoms with Crippen molar-refractivity contribution < 1.29 is 14.3 Å². The Kier molecular flexibility index (Phi) is 7.85. The summed E-state index contributed by atoms with van der Waals surface area (Å²) in [6.07, 6.45) is 1.20. The van der Waals surface area contributed by atoms with Crippen LogP contribution in [0.3, 0.4) is 0 Å². The first kappa shape index (κ1) is 19.3. The molecular weight excluding hydrogens is 318 g/mol. The molecule has 23 heavy (non-hydrogen) atoms. The molecule has 6 nitrogen and oxygen atoms in total. The minimum Gasteiger partial charge on any atom is -0.497 e. The second-order valence-corrected chi connectivity index (χ2v) is 5.29. The summed E-state index contributed by atoms with van der Waals surface area (Å²) in [6.45, 7) is 2.84. The summed E-state index contributed by atoms with van der Waals surface area (Å²) in [5.41, 5.74) is 6.06. The second kappa shape index (κ2) is 9.37. The van der Waals surface area contributed by atoms with Crippen LogP contribution in [0.5, 0.6) is 5.75 Å². The molecule has 0 unspecified atom stereocenters. The maximum absolute atomic E-state index is 12.4. The van der Waals surface area contributed by atoms with Crippen LogP contribution in [0.4, 0.5) is 0 Å². The Bertz CT molecular complexity index is 514. The SMILES string of the molecule is COc1ccc(C(=O)N2CCN(C(=O)CCCN)CC2)cc1.Cl. The number of carbonyl (C=O) groups is 2. The van der Waals surface area contributed by atoms with Gasteiger partial charge in [0.2, 0.25) is 5.91 Å². The van der Waals surface area contributed by atoms with Crippen LogP contribution in [0.25, 0.3) is 0 Å². The van der Waals surface area contributed by atoms with E-state index >= 15 is 0 Å². The fourth-order valence-corrected chi connectivity index (χ4v) is 2.49. The maximum atomic E-state index is 12.4. The Hall–Kier alpha value is -1.79. The summed E-state index contributed by atoms with van der Waals surface area (Å²) in [5.74, 6) is 0.852. The molecule has 128 valence electrons. The minimum atomic E-state index is -0.00305. The van der Waals surface area contributed by atoms with Crippen molar-refractivity contribution in [2.75, 3.05) is 39.8 Å². The number of hydrogen-bond donors (Lipinski definition) is 1. The molecule has 0 saturated carbocycles. The van der Waals surface area contributed by atoms with Gasteiger partial charge in [-0.05, 0) is 37.2 Å². The molecular formula is C16H24ClN3O3. The number of hydrogen-bond acceptors (Lipinski definition) is 4. The third-order valence-electron chi connectivity index (χ3n) is 3.85. The number of nitrogens with zero attached hydrogens (tertiary/aromatic N) is 2. The number of halogens is 1. The van der Waals surface area contributed by atoms with Gasteiger partial charge in [0.1, 0.15) is 5.75 Å². The highest BCUT2D eigenvalue weighted by atomic mass is 35.5. The number of amides is 2. The zero-order valence-electron chi connectivity index (χ0n) is 13.4. The van der Waals surface area contributed by atoms with Gasteiger partial charge in [0, 0.05) is 38.2 Å². The van der Waals surface area contributed by atoms with E-state index in [0.29, 0.717) is 51.1 Å². The van der Waals surface area contributed by atoms with Crippen molar-refractivity contribution in [2.24, 2.45) is 5.73 Å². The number of ether oxygens (including phenoxy) is 1. The Balaban J connectivity index is 0.00000264. The van der Waals surface area contributed by atoms with Crippen molar-refractivity contribution in [3.8, 4) is 5.75 Å². The van der Waals surface area contributed by atoms with Crippen LogP contribution in [0.1, 0.15) is 23.2 Å². The third-order valence-corrected chi connectivity index (χ3v) is 3.85. The first-order valence-corrected chi connectivity index (χ1v) is 7.57. The Labute approximate surface area is 143 Å². The fraction of sp³-hybridized carbons (Fsp3) is 0.500. The molecule has 0 bridgehead atoms. The highest BCUT2D eigenvalue weighted by molar-refractivity contribution is 5.94. The molecule has 0 atom stereocenters. The number of methoxy groups -OCH3 is 1. The van der Waals surface area contributed by atoms with E-state index in [1.165, 1.54) is 0 Å². The summed E-state index contributed by atoms with van der Waals surface area (Å²) >= 11 is 0. The molecule has 2 rings (SSSR count).